The molecule has 0 N–H and O–H groups in total. The molecule has 7 atom stereocenters. The van der Waals surface area contributed by atoms with Crippen molar-refractivity contribution in [1.82, 2.24) is 0 Å². The lowest BCUT2D eigenvalue weighted by molar-refractivity contribution is -0.122. The zero-order chi connectivity index (χ0) is 8.03. The Morgan fingerprint density at radius 3 is 2.25 bits per heavy atom. The topological polar surface area (TPSA) is 17.1 Å². The van der Waals surface area contributed by atoms with Crippen LogP contribution in [0.3, 0.4) is 0 Å². The first-order valence-electron chi connectivity index (χ1n) is 5.29. The van der Waals surface area contributed by atoms with E-state index in [1.54, 1.807) is 6.92 Å². The van der Waals surface area contributed by atoms with Gasteiger partial charge >= 0.3 is 0 Å². The van der Waals surface area contributed by atoms with E-state index in [0.29, 0.717) is 11.7 Å². The van der Waals surface area contributed by atoms with Gasteiger partial charge in [0.05, 0.1) is 0 Å². The molecule has 0 radical (unpaired) electrons. The molecule has 6 bridgehead atoms. The first-order valence-corrected chi connectivity index (χ1v) is 5.29. The van der Waals surface area contributed by atoms with Crippen LogP contribution in [0.15, 0.2) is 0 Å². The van der Waals surface area contributed by atoms with Crippen LogP contribution < -0.4 is 0 Å². The van der Waals surface area contributed by atoms with Crippen molar-refractivity contribution in [3.63, 3.8) is 0 Å². The van der Waals surface area contributed by atoms with E-state index in [-0.39, 0.29) is 0 Å². The van der Waals surface area contributed by atoms with E-state index < -0.39 is 0 Å². The molecule has 0 saturated heterocycles. The van der Waals surface area contributed by atoms with Crippen LogP contribution in [0.25, 0.3) is 0 Å². The molecule has 5 fully saturated rings. The van der Waals surface area contributed by atoms with Gasteiger partial charge in [-0.1, -0.05) is 0 Å². The lowest BCUT2D eigenvalue weighted by Crippen LogP contribution is -2.20. The van der Waals surface area contributed by atoms with Crippen LogP contribution in [-0.2, 0) is 4.79 Å². The second-order valence-electron chi connectivity index (χ2n) is 5.41. The average Bonchev–Trinajstić information content (AvgIpc) is 2.45. The highest BCUT2D eigenvalue weighted by Gasteiger charge is 2.77. The largest absolute Gasteiger partial charge is 0.300 e. The molecule has 0 amide bonds. The average molecular weight is 162 g/mol. The Kier molecular flexibility index (Phi) is 0.779. The van der Waals surface area contributed by atoms with Crippen molar-refractivity contribution in [3.05, 3.63) is 0 Å². The minimum atomic E-state index is 0.485. The molecule has 12 heavy (non-hydrogen) atoms. The molecule has 0 aromatic carbocycles. The lowest BCUT2D eigenvalue weighted by Gasteiger charge is -2.17. The maximum Gasteiger partial charge on any atom is 0.133 e. The fourth-order valence-electron chi connectivity index (χ4n) is 5.18. The highest BCUT2D eigenvalue weighted by atomic mass is 16.1. The molecule has 0 unspecified atom stereocenters. The van der Waals surface area contributed by atoms with Gasteiger partial charge in [0.1, 0.15) is 5.78 Å². The monoisotopic (exact) mass is 162 g/mol. The van der Waals surface area contributed by atoms with Crippen LogP contribution >= 0.6 is 0 Å². The summed E-state index contributed by atoms with van der Waals surface area (Å²) >= 11 is 0. The van der Waals surface area contributed by atoms with Gasteiger partial charge in [-0.25, -0.2) is 0 Å². The third-order valence-corrected chi connectivity index (χ3v) is 5.33. The predicted molar refractivity (Wildman–Crippen MR) is 44.3 cm³/mol. The number of hydrogen-bond acceptors (Lipinski definition) is 1. The second kappa shape index (κ2) is 1.51. The van der Waals surface area contributed by atoms with E-state index in [4.69, 9.17) is 0 Å². The predicted octanol–water partition coefficient (Wildman–Crippen LogP) is 1.72. The van der Waals surface area contributed by atoms with Crippen LogP contribution in [0.4, 0.5) is 0 Å². The summed E-state index contributed by atoms with van der Waals surface area (Å²) in [6.45, 7) is 1.81. The van der Waals surface area contributed by atoms with Crippen LogP contribution in [0.1, 0.15) is 19.8 Å². The highest BCUT2D eigenvalue weighted by Crippen LogP contribution is 2.82. The van der Waals surface area contributed by atoms with Gasteiger partial charge in [0.2, 0.25) is 0 Å². The molecule has 1 nitrogen and oxygen atoms in total. The van der Waals surface area contributed by atoms with Crippen LogP contribution in [-0.4, -0.2) is 5.78 Å². The van der Waals surface area contributed by atoms with Crippen molar-refractivity contribution in [3.8, 4) is 0 Å². The van der Waals surface area contributed by atoms with E-state index in [1.165, 1.54) is 12.8 Å². The summed E-state index contributed by atoms with van der Waals surface area (Å²) in [4.78, 5) is 11.4. The molecule has 0 heterocycles. The van der Waals surface area contributed by atoms with Crippen molar-refractivity contribution in [1.29, 1.82) is 0 Å². The summed E-state index contributed by atoms with van der Waals surface area (Å²) in [5.74, 6) is 7.07. The van der Waals surface area contributed by atoms with Gasteiger partial charge in [-0.05, 0) is 55.3 Å². The minimum absolute atomic E-state index is 0.485. The number of carbonyl (C=O) groups is 1. The third-order valence-electron chi connectivity index (χ3n) is 5.33. The third kappa shape index (κ3) is 0.419. The molecule has 0 spiro atoms. The Bertz CT molecular complexity index is 283. The van der Waals surface area contributed by atoms with Crippen LogP contribution in [0.2, 0.25) is 0 Å². The molecule has 0 aliphatic heterocycles. The smallest absolute Gasteiger partial charge is 0.133 e. The molecule has 5 aliphatic rings. The number of ketones is 1. The molecule has 5 rings (SSSR count). The molecule has 5 aliphatic carbocycles. The van der Waals surface area contributed by atoms with E-state index in [1.807, 2.05) is 0 Å². The highest BCUT2D eigenvalue weighted by molar-refractivity contribution is 5.79. The van der Waals surface area contributed by atoms with E-state index >= 15 is 0 Å². The maximum atomic E-state index is 11.4. The molecular formula is C11H14O. The van der Waals surface area contributed by atoms with Crippen molar-refractivity contribution in [2.45, 2.75) is 19.8 Å². The van der Waals surface area contributed by atoms with E-state index in [9.17, 15) is 4.79 Å². The van der Waals surface area contributed by atoms with Gasteiger partial charge in [-0.3, -0.25) is 4.79 Å². The van der Waals surface area contributed by atoms with Crippen molar-refractivity contribution in [2.75, 3.05) is 0 Å². The van der Waals surface area contributed by atoms with Gasteiger partial charge in [-0.2, -0.15) is 0 Å². The summed E-state index contributed by atoms with van der Waals surface area (Å²) in [7, 11) is 0. The number of carbonyl (C=O) groups excluding carboxylic acids is 1. The fourth-order valence-corrected chi connectivity index (χ4v) is 5.18. The SMILES string of the molecule is CC(=O)[C@@H]1C[C@H]2[C@@H]3C[C@@H]4[C@H]2[C@@H]4[C@@H]31. The molecule has 5 saturated carbocycles. The summed E-state index contributed by atoms with van der Waals surface area (Å²) in [5, 5.41) is 0. The zero-order valence-corrected chi connectivity index (χ0v) is 7.36. The molecule has 0 aromatic rings. The Morgan fingerprint density at radius 1 is 1.00 bits per heavy atom. The second-order valence-corrected chi connectivity index (χ2v) is 5.41. The summed E-state index contributed by atoms with van der Waals surface area (Å²) < 4.78 is 0. The Hall–Kier alpha value is -0.330. The Labute approximate surface area is 72.5 Å². The quantitative estimate of drug-likeness (QED) is 0.574. The van der Waals surface area contributed by atoms with Gasteiger partial charge in [0, 0.05) is 5.92 Å². The Morgan fingerprint density at radius 2 is 1.75 bits per heavy atom. The number of hydrogen-bond donors (Lipinski definition) is 0. The lowest BCUT2D eigenvalue weighted by atomic mass is 9.86. The summed E-state index contributed by atoms with van der Waals surface area (Å²) in [6.07, 6.45) is 2.76. The van der Waals surface area contributed by atoms with Crippen molar-refractivity contribution in [2.24, 2.45) is 41.4 Å². The van der Waals surface area contributed by atoms with Crippen molar-refractivity contribution < 1.29 is 4.79 Å². The fraction of sp³-hybridized carbons (Fsp3) is 0.909. The normalized spacial score (nSPS) is 68.9. The maximum absolute atomic E-state index is 11.4. The summed E-state index contributed by atoms with van der Waals surface area (Å²) in [6, 6.07) is 0. The zero-order valence-electron chi connectivity index (χ0n) is 7.36. The first-order chi connectivity index (χ1) is 5.79. The van der Waals surface area contributed by atoms with Gasteiger partial charge in [0.15, 0.2) is 0 Å². The van der Waals surface area contributed by atoms with Gasteiger partial charge < -0.3 is 0 Å². The van der Waals surface area contributed by atoms with E-state index in [2.05, 4.69) is 0 Å². The van der Waals surface area contributed by atoms with Crippen molar-refractivity contribution >= 4 is 5.78 Å². The summed E-state index contributed by atoms with van der Waals surface area (Å²) in [5.41, 5.74) is 0. The molecular weight excluding hydrogens is 148 g/mol. The molecule has 64 valence electrons. The minimum Gasteiger partial charge on any atom is -0.300 e. The Balaban J connectivity index is 1.79. The molecule has 1 heteroatoms. The number of rotatable bonds is 1. The standard InChI is InChI=1S/C11H14O/c1-4(12)5-2-6-7-3-8-10(6)11(8)9(5)7/h5-11H,2-3H2,1H3/t5-,6-,7-,8+,9+,10-,11-/m0/s1. The van der Waals surface area contributed by atoms with E-state index in [0.717, 1.165) is 35.5 Å². The van der Waals surface area contributed by atoms with Crippen LogP contribution in [0.5, 0.6) is 0 Å². The number of Topliss-reactive ketones (excluding diaryl/α,β-unsaturated/α-hetero) is 1. The first kappa shape index (κ1) is 6.17. The molecule has 0 aromatic heterocycles. The van der Waals surface area contributed by atoms with Gasteiger partial charge in [0.25, 0.3) is 0 Å². The van der Waals surface area contributed by atoms with Crippen LogP contribution in [0, 0.1) is 41.4 Å². The van der Waals surface area contributed by atoms with Gasteiger partial charge in [-0.15, -0.1) is 0 Å².